The topological polar surface area (TPSA) is 50.7 Å². The van der Waals surface area contributed by atoms with Crippen LogP contribution in [0.3, 0.4) is 0 Å². The summed E-state index contributed by atoms with van der Waals surface area (Å²) in [7, 11) is -0.940. The Balaban J connectivity index is 1.68. The van der Waals surface area contributed by atoms with Crippen molar-refractivity contribution in [1.29, 1.82) is 0 Å². The molecule has 0 heterocycles. The van der Waals surface area contributed by atoms with Gasteiger partial charge in [0.2, 0.25) is 0 Å². The molecule has 3 rings (SSSR count). The second-order valence-corrected chi connectivity index (χ2v) is 9.18. The lowest BCUT2D eigenvalue weighted by Crippen LogP contribution is -2.43. The van der Waals surface area contributed by atoms with Crippen molar-refractivity contribution in [2.45, 2.75) is 24.9 Å². The molecule has 0 aliphatic heterocycles. The minimum absolute atomic E-state index is 0.229. The van der Waals surface area contributed by atoms with Crippen LogP contribution < -0.4 is 15.1 Å². The molecule has 1 aliphatic carbocycles. The van der Waals surface area contributed by atoms with E-state index in [2.05, 4.69) is 27.5 Å². The highest BCUT2D eigenvalue weighted by Gasteiger charge is 2.33. The molecule has 2 aromatic rings. The Bertz CT molecular complexity index is 824. The number of aliphatic imine (C=N–C) groups is 1. The van der Waals surface area contributed by atoms with Gasteiger partial charge in [-0.05, 0) is 60.5 Å². The number of methoxy groups -OCH3 is 1. The Morgan fingerprint density at radius 2 is 1.68 bits per heavy atom. The Morgan fingerprint density at radius 1 is 1.12 bits per heavy atom. The number of benzene rings is 2. The first kappa shape index (κ1) is 18.0. The van der Waals surface area contributed by atoms with E-state index < -0.39 is 7.29 Å². The fourth-order valence-electron chi connectivity index (χ4n) is 3.02. The van der Waals surface area contributed by atoms with E-state index in [4.69, 9.17) is 4.74 Å². The zero-order valence-corrected chi connectivity index (χ0v) is 16.0. The van der Waals surface area contributed by atoms with Gasteiger partial charge in [0.25, 0.3) is 0 Å². The number of nitrogens with zero attached hydrogens (tertiary/aromatic N) is 1. The van der Waals surface area contributed by atoms with Gasteiger partial charge in [-0.2, -0.15) is 0 Å². The molecule has 6 heteroatoms. The van der Waals surface area contributed by atoms with Crippen LogP contribution in [0.15, 0.2) is 53.5 Å². The molecular formula is C19H21N2O2PS. The van der Waals surface area contributed by atoms with Gasteiger partial charge in [0.15, 0.2) is 7.29 Å². The van der Waals surface area contributed by atoms with Crippen molar-refractivity contribution in [2.24, 2.45) is 4.99 Å². The van der Waals surface area contributed by atoms with Crippen molar-refractivity contribution >= 4 is 30.0 Å². The normalized spacial score (nSPS) is 21.5. The molecule has 0 amide bonds. The van der Waals surface area contributed by atoms with E-state index in [9.17, 15) is 4.57 Å². The summed E-state index contributed by atoms with van der Waals surface area (Å²) in [6, 6.07) is 16.3. The third-order valence-corrected chi connectivity index (χ3v) is 6.81. The van der Waals surface area contributed by atoms with Crippen LogP contribution in [0.5, 0.6) is 5.75 Å². The summed E-state index contributed by atoms with van der Waals surface area (Å²) < 4.78 is 18.2. The maximum atomic E-state index is 13.0. The summed E-state index contributed by atoms with van der Waals surface area (Å²) >= 11 is 4.62. The Hall–Kier alpha value is -1.77. The minimum Gasteiger partial charge on any atom is -0.497 e. The fourth-order valence-corrected chi connectivity index (χ4v) is 4.94. The number of thiocarbonyl (C=S) groups is 1. The summed E-state index contributed by atoms with van der Waals surface area (Å²) in [5, 5.41) is 6.55. The van der Waals surface area contributed by atoms with Crippen LogP contribution in [0, 0.1) is 0 Å². The van der Waals surface area contributed by atoms with Crippen LogP contribution in [0.25, 0.3) is 11.1 Å². The van der Waals surface area contributed by atoms with Gasteiger partial charge in [0.1, 0.15) is 5.75 Å². The number of nitrogens with one attached hydrogen (secondary N) is 1. The van der Waals surface area contributed by atoms with E-state index in [1.54, 1.807) is 13.8 Å². The van der Waals surface area contributed by atoms with E-state index in [1.807, 2.05) is 48.5 Å². The second kappa shape index (κ2) is 7.63. The summed E-state index contributed by atoms with van der Waals surface area (Å²) in [4.78, 5) is 4.07. The standard InChI is InChI=1S/C19H21N2O2PS/c1-23-18-7-3-14(4-8-18)15-5-9-19(10-6-15)24(2,22)21-17-11-16(12-17)20-13-25/h3-10,16-17H,11-12H2,1-2H3,(H,21,22). The Labute approximate surface area is 153 Å². The first-order valence-electron chi connectivity index (χ1n) is 8.19. The number of hydrogen-bond donors (Lipinski definition) is 1. The zero-order valence-electron chi connectivity index (χ0n) is 14.3. The molecule has 25 heavy (non-hydrogen) atoms. The van der Waals surface area contributed by atoms with Gasteiger partial charge >= 0.3 is 0 Å². The molecule has 1 unspecified atom stereocenters. The van der Waals surface area contributed by atoms with Gasteiger partial charge in [-0.25, -0.2) is 4.99 Å². The Kier molecular flexibility index (Phi) is 5.51. The van der Waals surface area contributed by atoms with E-state index in [-0.39, 0.29) is 12.1 Å². The predicted molar refractivity (Wildman–Crippen MR) is 107 cm³/mol. The molecular weight excluding hydrogens is 351 g/mol. The monoisotopic (exact) mass is 372 g/mol. The van der Waals surface area contributed by atoms with E-state index in [1.165, 1.54) is 0 Å². The van der Waals surface area contributed by atoms with Crippen LogP contribution in [-0.2, 0) is 4.57 Å². The van der Waals surface area contributed by atoms with E-state index >= 15 is 0 Å². The molecule has 0 spiro atoms. The summed E-state index contributed by atoms with van der Waals surface area (Å²) in [6.07, 6.45) is 1.73. The fraction of sp³-hybridized carbons (Fsp3) is 0.316. The maximum absolute atomic E-state index is 13.0. The van der Waals surface area contributed by atoms with Crippen LogP contribution in [0.2, 0.25) is 0 Å². The summed E-state index contributed by atoms with van der Waals surface area (Å²) in [5.74, 6) is 0.833. The number of rotatable bonds is 6. The largest absolute Gasteiger partial charge is 0.497 e. The SMILES string of the molecule is COc1ccc(-c2ccc(P(C)(=O)NC3CC(N=C=S)C3)cc2)cc1. The average molecular weight is 372 g/mol. The molecule has 2 aromatic carbocycles. The third-order valence-electron chi connectivity index (χ3n) is 4.56. The number of isothiocyanates is 1. The van der Waals surface area contributed by atoms with Crippen molar-refractivity contribution < 1.29 is 9.30 Å². The lowest BCUT2D eigenvalue weighted by molar-refractivity contribution is 0.331. The predicted octanol–water partition coefficient (Wildman–Crippen LogP) is 4.12. The summed E-state index contributed by atoms with van der Waals surface area (Å²) in [6.45, 7) is 1.78. The van der Waals surface area contributed by atoms with Gasteiger partial charge < -0.3 is 9.30 Å². The Morgan fingerprint density at radius 3 is 2.20 bits per heavy atom. The van der Waals surface area contributed by atoms with Gasteiger partial charge in [0, 0.05) is 18.0 Å². The summed E-state index contributed by atoms with van der Waals surface area (Å²) in [5.41, 5.74) is 2.19. The molecule has 1 saturated carbocycles. The molecule has 1 atom stereocenters. The van der Waals surface area contributed by atoms with Gasteiger partial charge in [-0.3, -0.25) is 5.09 Å². The van der Waals surface area contributed by atoms with Crippen LogP contribution in [0.1, 0.15) is 12.8 Å². The molecule has 0 aromatic heterocycles. The second-order valence-electron chi connectivity index (χ2n) is 6.37. The smallest absolute Gasteiger partial charge is 0.173 e. The molecule has 1 N–H and O–H groups in total. The van der Waals surface area contributed by atoms with Crippen molar-refractivity contribution in [3.63, 3.8) is 0 Å². The number of ether oxygens (including phenoxy) is 1. The third kappa shape index (κ3) is 4.26. The highest BCUT2D eigenvalue weighted by atomic mass is 32.1. The van der Waals surface area contributed by atoms with Crippen LogP contribution >= 0.6 is 19.5 Å². The molecule has 4 nitrogen and oxygen atoms in total. The molecule has 1 aliphatic rings. The minimum atomic E-state index is -2.59. The lowest BCUT2D eigenvalue weighted by Gasteiger charge is -2.34. The van der Waals surface area contributed by atoms with Crippen LogP contribution in [-0.4, -0.2) is 31.0 Å². The van der Waals surface area contributed by atoms with Crippen molar-refractivity contribution in [3.05, 3.63) is 48.5 Å². The highest BCUT2D eigenvalue weighted by Crippen LogP contribution is 2.40. The van der Waals surface area contributed by atoms with Crippen molar-refractivity contribution in [3.8, 4) is 16.9 Å². The average Bonchev–Trinajstić information content (AvgIpc) is 2.60. The number of hydrogen-bond acceptors (Lipinski definition) is 4. The highest BCUT2D eigenvalue weighted by molar-refractivity contribution is 7.78. The quantitative estimate of drug-likeness (QED) is 0.471. The van der Waals surface area contributed by atoms with Crippen LogP contribution in [0.4, 0.5) is 0 Å². The van der Waals surface area contributed by atoms with Gasteiger partial charge in [-0.1, -0.05) is 24.3 Å². The van der Waals surface area contributed by atoms with E-state index in [0.717, 1.165) is 35.0 Å². The molecule has 0 radical (unpaired) electrons. The first-order chi connectivity index (χ1) is 12.0. The molecule has 1 fully saturated rings. The molecule has 0 saturated heterocycles. The molecule has 130 valence electrons. The maximum Gasteiger partial charge on any atom is 0.173 e. The molecule has 0 bridgehead atoms. The van der Waals surface area contributed by atoms with E-state index in [0.29, 0.717) is 0 Å². The van der Waals surface area contributed by atoms with Crippen molar-refractivity contribution in [2.75, 3.05) is 13.8 Å². The first-order valence-corrected chi connectivity index (χ1v) is 10.8. The van der Waals surface area contributed by atoms with Crippen molar-refractivity contribution in [1.82, 2.24) is 5.09 Å². The lowest BCUT2D eigenvalue weighted by atomic mass is 9.88. The van der Waals surface area contributed by atoms with Gasteiger partial charge in [0.05, 0.1) is 18.3 Å². The zero-order chi connectivity index (χ0) is 17.9. The van der Waals surface area contributed by atoms with Gasteiger partial charge in [-0.15, -0.1) is 0 Å².